The van der Waals surface area contributed by atoms with Crippen LogP contribution in [0, 0.1) is 0 Å². The van der Waals surface area contributed by atoms with E-state index in [-0.39, 0.29) is 11.5 Å². The third kappa shape index (κ3) is 5.31. The highest BCUT2D eigenvalue weighted by molar-refractivity contribution is 7.92. The number of fused-ring (bicyclic) bond motifs is 1. The Hall–Kier alpha value is -3.96. The van der Waals surface area contributed by atoms with Crippen LogP contribution in [0.3, 0.4) is 0 Å². The van der Waals surface area contributed by atoms with Gasteiger partial charge >= 0.3 is 5.97 Å². The Morgan fingerprint density at radius 2 is 1.67 bits per heavy atom. The summed E-state index contributed by atoms with van der Waals surface area (Å²) >= 11 is 1.27. The van der Waals surface area contributed by atoms with Gasteiger partial charge in [0.1, 0.15) is 5.75 Å². The van der Waals surface area contributed by atoms with E-state index in [2.05, 4.69) is 9.71 Å². The summed E-state index contributed by atoms with van der Waals surface area (Å²) in [4.78, 5) is 29.6. The van der Waals surface area contributed by atoms with Gasteiger partial charge in [0.25, 0.3) is 15.9 Å². The molecule has 11 heteroatoms. The third-order valence-corrected chi connectivity index (χ3v) is 7.76. The molecule has 0 aliphatic carbocycles. The lowest BCUT2D eigenvalue weighted by Crippen LogP contribution is -2.14. The highest BCUT2D eigenvalue weighted by Gasteiger charge is 2.15. The summed E-state index contributed by atoms with van der Waals surface area (Å²) in [7, 11) is -0.519. The van der Waals surface area contributed by atoms with Crippen molar-refractivity contribution < 1.29 is 27.5 Å². The molecule has 3 aromatic carbocycles. The molecule has 4 rings (SSSR count). The first kappa shape index (κ1) is 25.1. The highest BCUT2D eigenvalue weighted by atomic mass is 32.2. The van der Waals surface area contributed by atoms with E-state index in [0.29, 0.717) is 27.4 Å². The van der Waals surface area contributed by atoms with E-state index in [1.165, 1.54) is 54.8 Å². The zero-order valence-electron chi connectivity index (χ0n) is 19.7. The van der Waals surface area contributed by atoms with Crippen LogP contribution in [0.5, 0.6) is 5.75 Å². The van der Waals surface area contributed by atoms with Gasteiger partial charge in [-0.25, -0.2) is 13.2 Å². The zero-order chi connectivity index (χ0) is 25.9. The molecule has 0 saturated heterocycles. The molecular weight excluding hydrogens is 502 g/mol. The molecular formula is C25H23N3O6S2. The van der Waals surface area contributed by atoms with Crippen molar-refractivity contribution in [3.63, 3.8) is 0 Å². The lowest BCUT2D eigenvalue weighted by molar-refractivity contribution is 0.0526. The Morgan fingerprint density at radius 3 is 2.31 bits per heavy atom. The Labute approximate surface area is 211 Å². The Morgan fingerprint density at radius 1 is 1.00 bits per heavy atom. The quantitative estimate of drug-likeness (QED) is 0.365. The number of hydrogen-bond acceptors (Lipinski definition) is 7. The average molecular weight is 526 g/mol. The monoisotopic (exact) mass is 525 g/mol. The lowest BCUT2D eigenvalue weighted by Gasteiger charge is -2.09. The summed E-state index contributed by atoms with van der Waals surface area (Å²) in [5, 5.41) is 0. The van der Waals surface area contributed by atoms with Crippen LogP contribution < -0.4 is 14.3 Å². The summed E-state index contributed by atoms with van der Waals surface area (Å²) in [5.74, 6) is -0.341. The number of esters is 1. The summed E-state index contributed by atoms with van der Waals surface area (Å²) in [5.41, 5.74) is 1.85. The zero-order valence-corrected chi connectivity index (χ0v) is 21.4. The van der Waals surface area contributed by atoms with Crippen LogP contribution >= 0.6 is 11.3 Å². The number of nitrogens with zero attached hydrogens (tertiary/aromatic N) is 2. The molecule has 0 unspecified atom stereocenters. The Bertz CT molecular complexity index is 1600. The van der Waals surface area contributed by atoms with Gasteiger partial charge in [0, 0.05) is 18.3 Å². The largest absolute Gasteiger partial charge is 0.497 e. The number of nitrogens with one attached hydrogen (secondary N) is 1. The number of aromatic nitrogens is 1. The number of hydrogen-bond donors (Lipinski definition) is 1. The Balaban J connectivity index is 1.54. The number of anilines is 1. The summed E-state index contributed by atoms with van der Waals surface area (Å²) in [6, 6.07) is 17.2. The smallest absolute Gasteiger partial charge is 0.338 e. The summed E-state index contributed by atoms with van der Waals surface area (Å²) in [6.07, 6.45) is 0. The van der Waals surface area contributed by atoms with E-state index < -0.39 is 21.9 Å². The number of amides is 1. The topological polar surface area (TPSA) is 116 Å². The first-order chi connectivity index (χ1) is 17.2. The van der Waals surface area contributed by atoms with E-state index in [9.17, 15) is 18.0 Å². The number of sulfonamides is 1. The molecule has 1 amide bonds. The van der Waals surface area contributed by atoms with Crippen molar-refractivity contribution in [3.8, 4) is 5.75 Å². The molecule has 1 aromatic heterocycles. The van der Waals surface area contributed by atoms with E-state index in [4.69, 9.17) is 9.47 Å². The van der Waals surface area contributed by atoms with Crippen molar-refractivity contribution in [2.45, 2.75) is 11.8 Å². The van der Waals surface area contributed by atoms with Gasteiger partial charge in [-0.2, -0.15) is 4.99 Å². The second-order valence-electron chi connectivity index (χ2n) is 7.62. The van der Waals surface area contributed by atoms with Crippen LogP contribution in [0.25, 0.3) is 10.2 Å². The average Bonchev–Trinajstić information content (AvgIpc) is 3.18. The second kappa shape index (κ2) is 10.3. The molecule has 0 aliphatic heterocycles. The maximum atomic E-state index is 12.8. The number of aryl methyl sites for hydroxylation is 1. The minimum absolute atomic E-state index is 0.0850. The van der Waals surface area contributed by atoms with Crippen molar-refractivity contribution in [2.75, 3.05) is 18.4 Å². The summed E-state index contributed by atoms with van der Waals surface area (Å²) < 4.78 is 40.4. The van der Waals surface area contributed by atoms with Gasteiger partial charge in [-0.05, 0) is 73.7 Å². The fraction of sp³-hybridized carbons (Fsp3) is 0.160. The number of ether oxygens (including phenoxy) is 2. The van der Waals surface area contributed by atoms with Crippen LogP contribution in [-0.4, -0.2) is 38.6 Å². The van der Waals surface area contributed by atoms with Gasteiger partial charge in [0.05, 0.1) is 34.4 Å². The molecule has 4 aromatic rings. The van der Waals surface area contributed by atoms with Gasteiger partial charge in [-0.15, -0.1) is 0 Å². The SMILES string of the molecule is CCOC(=O)c1ccc2c(c1)sc(=NC(=O)c1ccc(NS(=O)(=O)c3ccc(OC)cc3)cc1)n2C. The molecule has 1 N–H and O–H groups in total. The van der Waals surface area contributed by atoms with Gasteiger partial charge < -0.3 is 14.0 Å². The molecule has 186 valence electrons. The van der Waals surface area contributed by atoms with E-state index in [1.54, 1.807) is 48.9 Å². The summed E-state index contributed by atoms with van der Waals surface area (Å²) in [6.45, 7) is 2.03. The molecule has 0 fully saturated rings. The number of carbonyl (C=O) groups is 2. The van der Waals surface area contributed by atoms with Crippen molar-refractivity contribution in [1.82, 2.24) is 4.57 Å². The van der Waals surface area contributed by atoms with Gasteiger partial charge in [0.2, 0.25) is 0 Å². The molecule has 9 nitrogen and oxygen atoms in total. The predicted molar refractivity (Wildman–Crippen MR) is 137 cm³/mol. The number of thiazole rings is 1. The fourth-order valence-corrected chi connectivity index (χ4v) is 5.50. The first-order valence-electron chi connectivity index (χ1n) is 10.8. The van der Waals surface area contributed by atoms with E-state index in [1.807, 2.05) is 0 Å². The minimum Gasteiger partial charge on any atom is -0.497 e. The standard InChI is InChI=1S/C25H23N3O6S2/c1-4-34-24(30)17-7-14-21-22(15-17)35-25(28(21)2)26-23(29)16-5-8-18(9-6-16)27-36(31,32)20-12-10-19(33-3)11-13-20/h5-15,27H,4H2,1-3H3. The van der Waals surface area contributed by atoms with Crippen LogP contribution in [0.15, 0.2) is 76.6 Å². The van der Waals surface area contributed by atoms with Crippen LogP contribution in [0.2, 0.25) is 0 Å². The molecule has 0 saturated carbocycles. The normalized spacial score (nSPS) is 11.9. The van der Waals surface area contributed by atoms with Crippen LogP contribution in [0.1, 0.15) is 27.6 Å². The van der Waals surface area contributed by atoms with Gasteiger partial charge in [0.15, 0.2) is 4.80 Å². The van der Waals surface area contributed by atoms with Crippen molar-refractivity contribution in [2.24, 2.45) is 12.0 Å². The maximum Gasteiger partial charge on any atom is 0.338 e. The molecule has 0 atom stereocenters. The molecule has 0 radical (unpaired) electrons. The highest BCUT2D eigenvalue weighted by Crippen LogP contribution is 2.21. The molecule has 1 heterocycles. The third-order valence-electron chi connectivity index (χ3n) is 5.27. The fourth-order valence-electron chi connectivity index (χ4n) is 3.38. The van der Waals surface area contributed by atoms with Gasteiger partial charge in [-0.1, -0.05) is 11.3 Å². The van der Waals surface area contributed by atoms with Crippen LogP contribution in [0.4, 0.5) is 5.69 Å². The van der Waals surface area contributed by atoms with Crippen LogP contribution in [-0.2, 0) is 21.8 Å². The van der Waals surface area contributed by atoms with Crippen molar-refractivity contribution >= 4 is 49.1 Å². The molecule has 0 aliphatic rings. The number of methoxy groups -OCH3 is 1. The number of benzene rings is 3. The maximum absolute atomic E-state index is 12.8. The first-order valence-corrected chi connectivity index (χ1v) is 13.1. The number of carbonyl (C=O) groups excluding carboxylic acids is 2. The van der Waals surface area contributed by atoms with E-state index >= 15 is 0 Å². The van der Waals surface area contributed by atoms with Crippen molar-refractivity contribution in [1.29, 1.82) is 0 Å². The van der Waals surface area contributed by atoms with E-state index in [0.717, 1.165) is 10.2 Å². The lowest BCUT2D eigenvalue weighted by atomic mass is 10.2. The molecule has 36 heavy (non-hydrogen) atoms. The molecule has 0 bridgehead atoms. The minimum atomic E-state index is -3.80. The number of rotatable bonds is 7. The van der Waals surface area contributed by atoms with Gasteiger partial charge in [-0.3, -0.25) is 9.52 Å². The molecule has 0 spiro atoms. The predicted octanol–water partition coefficient (Wildman–Crippen LogP) is 3.97. The Kier molecular flexibility index (Phi) is 7.22. The second-order valence-corrected chi connectivity index (χ2v) is 10.3. The van der Waals surface area contributed by atoms with Crippen molar-refractivity contribution in [3.05, 3.63) is 82.7 Å².